The predicted molar refractivity (Wildman–Crippen MR) is 80.5 cm³/mol. The zero-order valence-corrected chi connectivity index (χ0v) is 12.4. The summed E-state index contributed by atoms with van der Waals surface area (Å²) < 4.78 is 13.9. The fourth-order valence-electron chi connectivity index (χ4n) is 3.41. The van der Waals surface area contributed by atoms with E-state index in [0.717, 1.165) is 25.9 Å². The van der Waals surface area contributed by atoms with Gasteiger partial charge in [-0.15, -0.1) is 0 Å². The van der Waals surface area contributed by atoms with Crippen LogP contribution in [-0.4, -0.2) is 43.0 Å². The van der Waals surface area contributed by atoms with E-state index in [-0.39, 0.29) is 23.2 Å². The zero-order valence-electron chi connectivity index (χ0n) is 12.4. The highest BCUT2D eigenvalue weighted by Crippen LogP contribution is 2.34. The Labute approximate surface area is 124 Å². The molecule has 0 aliphatic carbocycles. The van der Waals surface area contributed by atoms with Crippen molar-refractivity contribution >= 4 is 11.6 Å². The highest BCUT2D eigenvalue weighted by molar-refractivity contribution is 5.99. The molecule has 2 heterocycles. The molecule has 2 aliphatic rings. The molecule has 114 valence electrons. The van der Waals surface area contributed by atoms with Gasteiger partial charge >= 0.3 is 0 Å². The van der Waals surface area contributed by atoms with Crippen LogP contribution in [0.15, 0.2) is 24.3 Å². The average molecular weight is 291 g/mol. The minimum atomic E-state index is -0.334. The van der Waals surface area contributed by atoms with Crippen molar-refractivity contribution in [3.8, 4) is 0 Å². The van der Waals surface area contributed by atoms with Gasteiger partial charge in [-0.05, 0) is 43.5 Å². The van der Waals surface area contributed by atoms with Gasteiger partial charge in [0.25, 0.3) is 0 Å². The Balaban J connectivity index is 1.75. The Morgan fingerprint density at radius 2 is 2.14 bits per heavy atom. The first-order chi connectivity index (χ1) is 10.0. The highest BCUT2D eigenvalue weighted by Gasteiger charge is 2.43. The Morgan fingerprint density at radius 1 is 1.38 bits per heavy atom. The van der Waals surface area contributed by atoms with Crippen molar-refractivity contribution < 1.29 is 9.18 Å². The summed E-state index contributed by atoms with van der Waals surface area (Å²) in [6.45, 7) is 5.14. The van der Waals surface area contributed by atoms with E-state index in [2.05, 4.69) is 11.8 Å². The van der Waals surface area contributed by atoms with E-state index in [1.807, 2.05) is 0 Å². The molecule has 4 nitrogen and oxygen atoms in total. The number of hydrogen-bond acceptors (Lipinski definition) is 3. The molecule has 2 unspecified atom stereocenters. The van der Waals surface area contributed by atoms with E-state index < -0.39 is 0 Å². The number of likely N-dealkylation sites (tertiary alicyclic amines) is 1. The first kappa shape index (κ1) is 14.5. The lowest BCUT2D eigenvalue weighted by molar-refractivity contribution is -0.121. The van der Waals surface area contributed by atoms with Crippen LogP contribution in [0, 0.1) is 11.2 Å². The van der Waals surface area contributed by atoms with Gasteiger partial charge in [0.1, 0.15) is 5.82 Å². The van der Waals surface area contributed by atoms with Crippen molar-refractivity contribution in [2.45, 2.75) is 25.8 Å². The predicted octanol–water partition coefficient (Wildman–Crippen LogP) is 1.60. The topological polar surface area (TPSA) is 49.6 Å². The number of nitrogens with two attached hydrogens (primary N) is 1. The first-order valence-electron chi connectivity index (χ1n) is 7.54. The summed E-state index contributed by atoms with van der Waals surface area (Å²) in [5, 5.41) is 0. The second kappa shape index (κ2) is 5.39. The van der Waals surface area contributed by atoms with Gasteiger partial charge in [-0.3, -0.25) is 9.69 Å². The van der Waals surface area contributed by atoms with Gasteiger partial charge < -0.3 is 10.6 Å². The van der Waals surface area contributed by atoms with E-state index >= 15 is 0 Å². The van der Waals surface area contributed by atoms with Crippen molar-refractivity contribution in [1.29, 1.82) is 0 Å². The summed E-state index contributed by atoms with van der Waals surface area (Å²) in [4.78, 5) is 16.4. The normalized spacial score (nSPS) is 30.3. The number of benzene rings is 1. The van der Waals surface area contributed by atoms with Crippen LogP contribution in [0.1, 0.15) is 19.8 Å². The van der Waals surface area contributed by atoms with Gasteiger partial charge in [-0.25, -0.2) is 4.39 Å². The van der Waals surface area contributed by atoms with Crippen LogP contribution in [-0.2, 0) is 4.79 Å². The third kappa shape index (κ3) is 2.56. The molecule has 0 aromatic heterocycles. The molecule has 0 radical (unpaired) electrons. The van der Waals surface area contributed by atoms with Crippen LogP contribution < -0.4 is 10.6 Å². The van der Waals surface area contributed by atoms with Crippen LogP contribution in [0.5, 0.6) is 0 Å². The molecular formula is C16H22FN3O. The van der Waals surface area contributed by atoms with Crippen molar-refractivity contribution in [2.75, 3.05) is 31.1 Å². The molecule has 1 aromatic rings. The minimum absolute atomic E-state index is 0.0152. The number of carbonyl (C=O) groups excluding carboxylic acids is 1. The van der Waals surface area contributed by atoms with E-state index in [0.29, 0.717) is 18.8 Å². The Morgan fingerprint density at radius 3 is 2.81 bits per heavy atom. The first-order valence-corrected chi connectivity index (χ1v) is 7.54. The smallest absolute Gasteiger partial charge is 0.244 e. The number of nitrogens with zero attached hydrogens (tertiary/aromatic N) is 2. The zero-order chi connectivity index (χ0) is 15.0. The number of amides is 1. The third-order valence-electron chi connectivity index (χ3n) is 4.84. The molecular weight excluding hydrogens is 269 g/mol. The van der Waals surface area contributed by atoms with E-state index in [1.54, 1.807) is 23.1 Å². The summed E-state index contributed by atoms with van der Waals surface area (Å²) in [5.41, 5.74) is 6.33. The molecule has 21 heavy (non-hydrogen) atoms. The molecule has 2 fully saturated rings. The lowest BCUT2D eigenvalue weighted by atomic mass is 9.90. The monoisotopic (exact) mass is 291 g/mol. The Kier molecular flexibility index (Phi) is 3.71. The van der Waals surface area contributed by atoms with Gasteiger partial charge in [0, 0.05) is 13.1 Å². The number of carbonyl (C=O) groups is 1. The summed E-state index contributed by atoms with van der Waals surface area (Å²) in [6.07, 6.45) is 1.78. The number of para-hydroxylation sites is 1. The van der Waals surface area contributed by atoms with E-state index in [1.165, 1.54) is 6.07 Å². The molecule has 2 aliphatic heterocycles. The molecule has 0 saturated carbocycles. The van der Waals surface area contributed by atoms with Crippen molar-refractivity contribution in [1.82, 2.24) is 4.90 Å². The molecule has 2 atom stereocenters. The molecule has 0 bridgehead atoms. The van der Waals surface area contributed by atoms with Gasteiger partial charge in [0.05, 0.1) is 11.7 Å². The van der Waals surface area contributed by atoms with Crippen LogP contribution in [0.25, 0.3) is 0 Å². The molecule has 1 amide bonds. The van der Waals surface area contributed by atoms with Crippen molar-refractivity contribution in [3.05, 3.63) is 30.1 Å². The lowest BCUT2D eigenvalue weighted by Gasteiger charge is -2.26. The summed E-state index contributed by atoms with van der Waals surface area (Å²) >= 11 is 0. The number of hydrogen-bond donors (Lipinski definition) is 1. The molecule has 1 aromatic carbocycles. The lowest BCUT2D eigenvalue weighted by Crippen LogP contribution is -2.42. The largest absolute Gasteiger partial charge is 0.330 e. The highest BCUT2D eigenvalue weighted by atomic mass is 19.1. The maximum atomic E-state index is 13.9. The van der Waals surface area contributed by atoms with Gasteiger partial charge in [0.15, 0.2) is 0 Å². The van der Waals surface area contributed by atoms with Gasteiger partial charge in [-0.2, -0.15) is 0 Å². The fraction of sp³-hybridized carbons (Fsp3) is 0.562. The second-order valence-corrected chi connectivity index (χ2v) is 6.48. The van der Waals surface area contributed by atoms with Crippen LogP contribution in [0.2, 0.25) is 0 Å². The van der Waals surface area contributed by atoms with E-state index in [4.69, 9.17) is 5.73 Å². The van der Waals surface area contributed by atoms with Crippen molar-refractivity contribution in [3.63, 3.8) is 0 Å². The van der Waals surface area contributed by atoms with E-state index in [9.17, 15) is 9.18 Å². The van der Waals surface area contributed by atoms with Crippen molar-refractivity contribution in [2.24, 2.45) is 11.1 Å². The summed E-state index contributed by atoms with van der Waals surface area (Å²) in [7, 11) is 0. The van der Waals surface area contributed by atoms with Gasteiger partial charge in [-0.1, -0.05) is 19.1 Å². The number of halogens is 1. The molecule has 2 saturated heterocycles. The van der Waals surface area contributed by atoms with Crippen LogP contribution in [0.4, 0.5) is 10.1 Å². The second-order valence-electron chi connectivity index (χ2n) is 6.48. The summed E-state index contributed by atoms with van der Waals surface area (Å²) in [6, 6.07) is 6.35. The third-order valence-corrected chi connectivity index (χ3v) is 4.84. The number of anilines is 1. The Hall–Kier alpha value is -1.46. The molecule has 5 heteroatoms. The number of rotatable bonds is 3. The van der Waals surface area contributed by atoms with Gasteiger partial charge in [0.2, 0.25) is 5.91 Å². The SMILES string of the molecule is CC1(CN)CCN(C2CCN(c3ccccc3F)C2=O)C1. The quantitative estimate of drug-likeness (QED) is 0.920. The average Bonchev–Trinajstić information content (AvgIpc) is 3.04. The minimum Gasteiger partial charge on any atom is -0.330 e. The van der Waals surface area contributed by atoms with Crippen LogP contribution in [0.3, 0.4) is 0 Å². The molecule has 2 N–H and O–H groups in total. The maximum absolute atomic E-state index is 13.9. The maximum Gasteiger partial charge on any atom is 0.244 e. The molecule has 0 spiro atoms. The molecule has 3 rings (SSSR count). The standard InChI is InChI=1S/C16H22FN3O/c1-16(10-18)7-9-19(11-16)14-6-8-20(15(14)21)13-5-3-2-4-12(13)17/h2-5,14H,6-11,18H2,1H3. The Bertz CT molecular complexity index is 550. The fourth-order valence-corrected chi connectivity index (χ4v) is 3.41. The van der Waals surface area contributed by atoms with Crippen LogP contribution >= 0.6 is 0 Å². The summed E-state index contributed by atoms with van der Waals surface area (Å²) in [5.74, 6) is -0.318.